The van der Waals surface area contributed by atoms with Gasteiger partial charge in [0.25, 0.3) is 11.5 Å². The number of benzene rings is 2. The van der Waals surface area contributed by atoms with Gasteiger partial charge >= 0.3 is 0 Å². The average Bonchev–Trinajstić information content (AvgIpc) is 3.09. The second kappa shape index (κ2) is 6.14. The van der Waals surface area contributed by atoms with Gasteiger partial charge in [-0.1, -0.05) is 30.3 Å². The maximum absolute atomic E-state index is 12.7. The molecule has 0 spiro atoms. The lowest BCUT2D eigenvalue weighted by Gasteiger charge is -2.17. The summed E-state index contributed by atoms with van der Waals surface area (Å²) in [7, 11) is 1.70. The van der Waals surface area contributed by atoms with Crippen molar-refractivity contribution < 1.29 is 4.79 Å². The Balaban J connectivity index is 1.61. The molecule has 0 atom stereocenters. The highest BCUT2D eigenvalue weighted by Gasteiger charge is 2.14. The fourth-order valence-electron chi connectivity index (χ4n) is 2.84. The quantitative estimate of drug-likeness (QED) is 0.616. The third-order valence-corrected chi connectivity index (χ3v) is 5.00. The average molecular weight is 349 g/mol. The van der Waals surface area contributed by atoms with Crippen LogP contribution in [-0.2, 0) is 6.54 Å². The van der Waals surface area contributed by atoms with Crippen LogP contribution in [-0.4, -0.2) is 27.8 Å². The predicted molar refractivity (Wildman–Crippen MR) is 100.0 cm³/mol. The van der Waals surface area contributed by atoms with Crippen LogP contribution < -0.4 is 5.56 Å². The molecule has 2 aromatic heterocycles. The molecule has 0 saturated heterocycles. The van der Waals surface area contributed by atoms with Crippen LogP contribution in [0.2, 0.25) is 0 Å². The summed E-state index contributed by atoms with van der Waals surface area (Å²) in [6.45, 7) is 0.243. The molecule has 2 aromatic carbocycles. The number of hydrogen-bond acceptors (Lipinski definition) is 4. The van der Waals surface area contributed by atoms with Crippen molar-refractivity contribution in [2.45, 2.75) is 6.54 Å². The van der Waals surface area contributed by atoms with E-state index in [1.165, 1.54) is 11.3 Å². The highest BCUT2D eigenvalue weighted by Crippen LogP contribution is 2.18. The van der Waals surface area contributed by atoms with Gasteiger partial charge in [0.1, 0.15) is 10.5 Å². The first-order valence-corrected chi connectivity index (χ1v) is 8.70. The number of aromatic amines is 1. The smallest absolute Gasteiger partial charge is 0.268 e. The highest BCUT2D eigenvalue weighted by atomic mass is 32.1. The molecule has 1 N–H and O–H groups in total. The number of thiophene rings is 1. The normalized spacial score (nSPS) is 11.1. The van der Waals surface area contributed by atoms with Crippen LogP contribution in [0.25, 0.3) is 21.0 Å². The van der Waals surface area contributed by atoms with Gasteiger partial charge in [0.15, 0.2) is 0 Å². The van der Waals surface area contributed by atoms with E-state index in [2.05, 4.69) is 9.97 Å². The minimum atomic E-state index is -0.165. The molecular weight excluding hydrogens is 334 g/mol. The van der Waals surface area contributed by atoms with Crippen LogP contribution in [0.5, 0.6) is 0 Å². The molecule has 0 unspecified atom stereocenters. The van der Waals surface area contributed by atoms with Crippen molar-refractivity contribution in [3.63, 3.8) is 0 Å². The summed E-state index contributed by atoms with van der Waals surface area (Å²) in [5.41, 5.74) is 1.11. The Kier molecular flexibility index (Phi) is 3.82. The van der Waals surface area contributed by atoms with E-state index in [0.29, 0.717) is 21.6 Å². The predicted octanol–water partition coefficient (Wildman–Crippen LogP) is 3.41. The van der Waals surface area contributed by atoms with Crippen LogP contribution in [0.15, 0.2) is 58.7 Å². The molecular formula is C19H15N3O2S. The Morgan fingerprint density at radius 2 is 1.96 bits per heavy atom. The number of hydrogen-bond donors (Lipinski definition) is 1. The summed E-state index contributed by atoms with van der Waals surface area (Å²) in [5, 5.41) is 3.95. The van der Waals surface area contributed by atoms with Crippen LogP contribution in [0.1, 0.15) is 16.2 Å². The lowest BCUT2D eigenvalue weighted by Crippen LogP contribution is -2.28. The molecule has 0 bridgehead atoms. The van der Waals surface area contributed by atoms with Crippen molar-refractivity contribution in [2.24, 2.45) is 0 Å². The summed E-state index contributed by atoms with van der Waals surface area (Å²) in [4.78, 5) is 33.5. The molecule has 0 radical (unpaired) electrons. The zero-order chi connectivity index (χ0) is 17.4. The Morgan fingerprint density at radius 3 is 2.80 bits per heavy atom. The van der Waals surface area contributed by atoms with Gasteiger partial charge in [-0.25, -0.2) is 4.98 Å². The van der Waals surface area contributed by atoms with Gasteiger partial charge in [-0.15, -0.1) is 11.3 Å². The van der Waals surface area contributed by atoms with Crippen molar-refractivity contribution in [2.75, 3.05) is 7.05 Å². The zero-order valence-corrected chi connectivity index (χ0v) is 14.3. The second-order valence-corrected chi connectivity index (χ2v) is 6.79. The van der Waals surface area contributed by atoms with E-state index in [9.17, 15) is 9.59 Å². The molecule has 6 heteroatoms. The number of fused-ring (bicyclic) bond motifs is 2. The number of aromatic nitrogens is 2. The molecule has 0 aliphatic carbocycles. The number of carbonyl (C=O) groups is 1. The zero-order valence-electron chi connectivity index (χ0n) is 13.5. The lowest BCUT2D eigenvalue weighted by molar-refractivity contribution is 0.0781. The second-order valence-electron chi connectivity index (χ2n) is 5.87. The maximum Gasteiger partial charge on any atom is 0.268 e. The van der Waals surface area contributed by atoms with Gasteiger partial charge in [0.2, 0.25) is 0 Å². The summed E-state index contributed by atoms with van der Waals surface area (Å²) in [5.74, 6) is 0.367. The van der Waals surface area contributed by atoms with E-state index < -0.39 is 0 Å². The highest BCUT2D eigenvalue weighted by molar-refractivity contribution is 7.17. The fraction of sp³-hybridized carbons (Fsp3) is 0.105. The first kappa shape index (κ1) is 15.5. The molecule has 25 heavy (non-hydrogen) atoms. The number of nitrogens with zero attached hydrogens (tertiary/aromatic N) is 2. The fourth-order valence-corrected chi connectivity index (χ4v) is 3.56. The SMILES string of the molecule is CN(Cc1nc2ccsc2c(=O)[nH]1)C(=O)c1ccc2ccccc2c1. The van der Waals surface area contributed by atoms with Crippen LogP contribution >= 0.6 is 11.3 Å². The lowest BCUT2D eigenvalue weighted by atomic mass is 10.1. The first-order chi connectivity index (χ1) is 12.1. The molecule has 124 valence electrons. The van der Waals surface area contributed by atoms with Crippen molar-refractivity contribution in [3.05, 3.63) is 75.7 Å². The van der Waals surface area contributed by atoms with E-state index >= 15 is 0 Å². The third kappa shape index (κ3) is 2.92. The van der Waals surface area contributed by atoms with Crippen molar-refractivity contribution in [1.82, 2.24) is 14.9 Å². The molecule has 1 amide bonds. The maximum atomic E-state index is 12.7. The molecule has 0 fully saturated rings. The molecule has 0 saturated carbocycles. The van der Waals surface area contributed by atoms with E-state index in [0.717, 1.165) is 10.8 Å². The molecule has 2 heterocycles. The van der Waals surface area contributed by atoms with Crippen LogP contribution in [0, 0.1) is 0 Å². The Bertz CT molecular complexity index is 1150. The summed E-state index contributed by atoms with van der Waals surface area (Å²) in [6, 6.07) is 15.4. The van der Waals surface area contributed by atoms with Crippen LogP contribution in [0.3, 0.4) is 0 Å². The summed E-state index contributed by atoms with van der Waals surface area (Å²) >= 11 is 1.36. The van der Waals surface area contributed by atoms with Gasteiger partial charge < -0.3 is 9.88 Å². The molecule has 4 aromatic rings. The Morgan fingerprint density at radius 1 is 1.16 bits per heavy atom. The summed E-state index contributed by atoms with van der Waals surface area (Å²) < 4.78 is 0.604. The van der Waals surface area contributed by atoms with E-state index in [1.54, 1.807) is 11.9 Å². The minimum Gasteiger partial charge on any atom is -0.334 e. The third-order valence-electron chi connectivity index (χ3n) is 4.09. The van der Waals surface area contributed by atoms with Gasteiger partial charge in [0.05, 0.1) is 12.1 Å². The molecule has 0 aliphatic heterocycles. The van der Waals surface area contributed by atoms with E-state index in [-0.39, 0.29) is 18.0 Å². The standard InChI is InChI=1S/C19H15N3O2S/c1-22(11-16-20-15-8-9-25-17(15)18(23)21-16)19(24)14-7-6-12-4-2-3-5-13(12)10-14/h2-10H,11H2,1H3,(H,20,21,23). The van der Waals surface area contributed by atoms with Gasteiger partial charge in [-0.05, 0) is 34.4 Å². The van der Waals surface area contributed by atoms with Gasteiger partial charge in [-0.3, -0.25) is 9.59 Å². The monoisotopic (exact) mass is 349 g/mol. The van der Waals surface area contributed by atoms with Gasteiger partial charge in [0, 0.05) is 12.6 Å². The van der Waals surface area contributed by atoms with E-state index in [4.69, 9.17) is 0 Å². The number of rotatable bonds is 3. The number of carbonyl (C=O) groups excluding carboxylic acids is 1. The van der Waals surface area contributed by atoms with E-state index in [1.807, 2.05) is 53.9 Å². The van der Waals surface area contributed by atoms with Crippen molar-refractivity contribution >= 4 is 38.2 Å². The largest absolute Gasteiger partial charge is 0.334 e. The molecule has 5 nitrogen and oxygen atoms in total. The van der Waals surface area contributed by atoms with Crippen LogP contribution in [0.4, 0.5) is 0 Å². The Hall–Kier alpha value is -2.99. The molecule has 4 rings (SSSR count). The Labute approximate surface area is 147 Å². The minimum absolute atomic E-state index is 0.112. The molecule has 0 aliphatic rings. The number of amides is 1. The summed E-state index contributed by atoms with van der Waals surface area (Å²) in [6.07, 6.45) is 0. The first-order valence-electron chi connectivity index (χ1n) is 7.82. The number of nitrogens with one attached hydrogen (secondary N) is 1. The number of H-pyrrole nitrogens is 1. The van der Waals surface area contributed by atoms with Crippen molar-refractivity contribution in [1.29, 1.82) is 0 Å². The topological polar surface area (TPSA) is 66.1 Å². The van der Waals surface area contributed by atoms with Gasteiger partial charge in [-0.2, -0.15) is 0 Å². The van der Waals surface area contributed by atoms with Crippen molar-refractivity contribution in [3.8, 4) is 0 Å².